The molecule has 4 nitrogen and oxygen atoms in total. The molecule has 0 bridgehead atoms. The Morgan fingerprint density at radius 2 is 1.76 bits per heavy atom. The van der Waals surface area contributed by atoms with E-state index in [1.54, 1.807) is 0 Å². The number of fused-ring (bicyclic) bond motifs is 1. The van der Waals surface area contributed by atoms with Gasteiger partial charge in [0.05, 0.1) is 0 Å². The molecule has 0 aromatic heterocycles. The highest BCUT2D eigenvalue weighted by Crippen LogP contribution is 2.46. The van der Waals surface area contributed by atoms with Crippen LogP contribution in [0.5, 0.6) is 11.5 Å². The van der Waals surface area contributed by atoms with Crippen LogP contribution in [0.15, 0.2) is 23.2 Å². The maximum atomic E-state index is 13.1. The Kier molecular flexibility index (Phi) is 3.00. The number of aliphatic imine (C=N–C) groups is 1. The first kappa shape index (κ1) is 14.0. The Balaban J connectivity index is 1.86. The molecule has 2 aliphatic rings. The lowest BCUT2D eigenvalue weighted by atomic mass is 10.1. The van der Waals surface area contributed by atoms with Crippen molar-refractivity contribution in [3.8, 4) is 11.5 Å². The summed E-state index contributed by atoms with van der Waals surface area (Å²) in [7, 11) is 0. The molecule has 0 radical (unpaired) electrons. The van der Waals surface area contributed by atoms with Crippen LogP contribution in [0.3, 0.4) is 0 Å². The molecule has 0 amide bonds. The number of nitrogens with two attached hydrogens (primary N) is 1. The fourth-order valence-electron chi connectivity index (χ4n) is 1.85. The molecule has 1 aliphatic heterocycles. The Hall–Kier alpha value is -1.99. The molecule has 0 spiro atoms. The number of benzene rings is 1. The summed E-state index contributed by atoms with van der Waals surface area (Å²) in [6.07, 6.45) is -7.26. The molecule has 0 saturated heterocycles. The largest absolute Gasteiger partial charge is 0.507 e. The topological polar surface area (TPSA) is 56.8 Å². The molecule has 21 heavy (non-hydrogen) atoms. The van der Waals surface area contributed by atoms with Crippen LogP contribution in [0, 0.1) is 5.92 Å². The number of amidine groups is 1. The van der Waals surface area contributed by atoms with Crippen molar-refractivity contribution >= 4 is 5.84 Å². The third kappa shape index (κ3) is 2.62. The standard InChI is InChI=1S/C13H12F4N2O2/c14-12(15)13(16,17)21-10-5-8(3-4-9(10)20-12)11(18)19-6-7-1-2-7/h3-5,7H,1-2,6H2,(H2,18,19). The van der Waals surface area contributed by atoms with Gasteiger partial charge >= 0.3 is 12.2 Å². The average molecular weight is 304 g/mol. The van der Waals surface area contributed by atoms with Crippen molar-refractivity contribution in [2.75, 3.05) is 6.54 Å². The normalized spacial score (nSPS) is 23.0. The second kappa shape index (κ2) is 4.51. The van der Waals surface area contributed by atoms with E-state index < -0.39 is 23.7 Å². The van der Waals surface area contributed by atoms with E-state index in [0.717, 1.165) is 25.0 Å². The van der Waals surface area contributed by atoms with Crippen molar-refractivity contribution < 1.29 is 27.0 Å². The maximum absolute atomic E-state index is 13.1. The van der Waals surface area contributed by atoms with Gasteiger partial charge in [0.25, 0.3) is 0 Å². The van der Waals surface area contributed by atoms with Crippen LogP contribution < -0.4 is 15.2 Å². The predicted octanol–water partition coefficient (Wildman–Crippen LogP) is 2.76. The Bertz CT molecular complexity index is 600. The van der Waals surface area contributed by atoms with Crippen molar-refractivity contribution in [3.05, 3.63) is 23.8 Å². The van der Waals surface area contributed by atoms with Gasteiger partial charge in [0.2, 0.25) is 0 Å². The molecule has 1 heterocycles. The SMILES string of the molecule is NC(=NCC1CC1)c1ccc2c(c1)OC(F)(F)C(F)(F)O2. The lowest BCUT2D eigenvalue weighted by molar-refractivity contribution is -0.391. The van der Waals surface area contributed by atoms with Crippen molar-refractivity contribution in [1.29, 1.82) is 0 Å². The minimum atomic E-state index is -4.74. The van der Waals surface area contributed by atoms with E-state index in [1.165, 1.54) is 6.07 Å². The number of nitrogens with zero attached hydrogens (tertiary/aromatic N) is 1. The zero-order valence-electron chi connectivity index (χ0n) is 10.8. The van der Waals surface area contributed by atoms with Crippen LogP contribution in [-0.4, -0.2) is 24.6 Å². The predicted molar refractivity (Wildman–Crippen MR) is 65.9 cm³/mol. The zero-order valence-corrected chi connectivity index (χ0v) is 10.8. The lowest BCUT2D eigenvalue weighted by Gasteiger charge is -2.31. The van der Waals surface area contributed by atoms with E-state index in [4.69, 9.17) is 5.73 Å². The maximum Gasteiger partial charge on any atom is 0.507 e. The summed E-state index contributed by atoms with van der Waals surface area (Å²) in [5.74, 6) is -0.296. The third-order valence-corrected chi connectivity index (χ3v) is 3.27. The minimum absolute atomic E-state index is 0.147. The van der Waals surface area contributed by atoms with Crippen molar-refractivity contribution in [3.63, 3.8) is 0 Å². The van der Waals surface area contributed by atoms with Gasteiger partial charge in [-0.2, -0.15) is 17.6 Å². The van der Waals surface area contributed by atoms with Crippen LogP contribution in [0.2, 0.25) is 0 Å². The van der Waals surface area contributed by atoms with Crippen LogP contribution >= 0.6 is 0 Å². The average Bonchev–Trinajstić information content (AvgIpc) is 3.20. The first-order chi connectivity index (χ1) is 9.78. The summed E-state index contributed by atoms with van der Waals surface area (Å²) in [5, 5.41) is 0. The van der Waals surface area contributed by atoms with Gasteiger partial charge in [0.1, 0.15) is 5.84 Å². The Labute approximate surface area is 117 Å². The molecule has 1 aromatic carbocycles. The molecule has 8 heteroatoms. The van der Waals surface area contributed by atoms with Crippen LogP contribution in [0.4, 0.5) is 17.6 Å². The minimum Gasteiger partial charge on any atom is -0.421 e. The molecule has 3 rings (SSSR count). The fourth-order valence-corrected chi connectivity index (χ4v) is 1.85. The smallest absolute Gasteiger partial charge is 0.421 e. The summed E-state index contributed by atoms with van der Waals surface area (Å²) in [5.41, 5.74) is 6.06. The van der Waals surface area contributed by atoms with E-state index >= 15 is 0 Å². The van der Waals surface area contributed by atoms with E-state index in [9.17, 15) is 17.6 Å². The van der Waals surface area contributed by atoms with E-state index in [-0.39, 0.29) is 5.84 Å². The number of halogens is 4. The highest BCUT2D eigenvalue weighted by Gasteiger charge is 2.65. The van der Waals surface area contributed by atoms with Gasteiger partial charge in [-0.15, -0.1) is 0 Å². The van der Waals surface area contributed by atoms with E-state index in [2.05, 4.69) is 14.5 Å². The first-order valence-electron chi connectivity index (χ1n) is 6.36. The van der Waals surface area contributed by atoms with Gasteiger partial charge in [-0.1, -0.05) is 0 Å². The quantitative estimate of drug-likeness (QED) is 0.531. The molecule has 2 N–H and O–H groups in total. The van der Waals surface area contributed by atoms with Crippen LogP contribution in [0.1, 0.15) is 18.4 Å². The van der Waals surface area contributed by atoms with Crippen LogP contribution in [-0.2, 0) is 0 Å². The molecule has 0 atom stereocenters. The zero-order chi connectivity index (χ0) is 15.3. The molecule has 114 valence electrons. The number of hydrogen-bond acceptors (Lipinski definition) is 3. The van der Waals surface area contributed by atoms with E-state index in [1.807, 2.05) is 0 Å². The number of ether oxygens (including phenoxy) is 2. The van der Waals surface area contributed by atoms with Gasteiger partial charge in [-0.3, -0.25) is 4.99 Å². The van der Waals surface area contributed by atoms with E-state index in [0.29, 0.717) is 18.0 Å². The lowest BCUT2D eigenvalue weighted by Crippen LogP contribution is -2.52. The third-order valence-electron chi connectivity index (χ3n) is 3.27. The van der Waals surface area contributed by atoms with Crippen molar-refractivity contribution in [1.82, 2.24) is 0 Å². The van der Waals surface area contributed by atoms with Gasteiger partial charge < -0.3 is 15.2 Å². The second-order valence-corrected chi connectivity index (χ2v) is 5.07. The molecule has 0 unspecified atom stereocenters. The van der Waals surface area contributed by atoms with Crippen molar-refractivity contribution in [2.45, 2.75) is 25.1 Å². The number of alkyl halides is 4. The summed E-state index contributed by atoms with van der Waals surface area (Å²) in [6.45, 7) is 0.564. The number of rotatable bonds is 3. The van der Waals surface area contributed by atoms with Gasteiger partial charge in [-0.05, 0) is 37.0 Å². The summed E-state index contributed by atoms with van der Waals surface area (Å²) >= 11 is 0. The first-order valence-corrected chi connectivity index (χ1v) is 6.36. The molecule has 1 aromatic rings. The number of hydrogen-bond donors (Lipinski definition) is 1. The summed E-state index contributed by atoms with van der Waals surface area (Å²) < 4.78 is 60.2. The Morgan fingerprint density at radius 3 is 2.38 bits per heavy atom. The molecular weight excluding hydrogens is 292 g/mol. The summed E-state index contributed by atoms with van der Waals surface area (Å²) in [4.78, 5) is 4.13. The molecule has 1 aliphatic carbocycles. The van der Waals surface area contributed by atoms with Crippen molar-refractivity contribution in [2.24, 2.45) is 16.6 Å². The summed E-state index contributed by atoms with van der Waals surface area (Å²) in [6, 6.07) is 3.59. The van der Waals surface area contributed by atoms with Gasteiger partial charge in [0, 0.05) is 12.1 Å². The molecule has 1 fully saturated rings. The molecular formula is C13H12F4N2O2. The van der Waals surface area contributed by atoms with Gasteiger partial charge in [-0.25, -0.2) is 0 Å². The monoisotopic (exact) mass is 304 g/mol. The highest BCUT2D eigenvalue weighted by atomic mass is 19.3. The fraction of sp³-hybridized carbons (Fsp3) is 0.462. The Morgan fingerprint density at radius 1 is 1.14 bits per heavy atom. The molecule has 1 saturated carbocycles. The highest BCUT2D eigenvalue weighted by molar-refractivity contribution is 5.98. The second-order valence-electron chi connectivity index (χ2n) is 5.07. The van der Waals surface area contributed by atoms with Gasteiger partial charge in [0.15, 0.2) is 11.5 Å². The van der Waals surface area contributed by atoms with Crippen LogP contribution in [0.25, 0.3) is 0 Å².